The highest BCUT2D eigenvalue weighted by Crippen LogP contribution is 2.28. The van der Waals surface area contributed by atoms with Gasteiger partial charge in [0.25, 0.3) is 0 Å². The molecule has 98 valence electrons. The molecule has 2 N–H and O–H groups in total. The van der Waals surface area contributed by atoms with Gasteiger partial charge in [-0.25, -0.2) is 0 Å². The molecule has 1 aromatic rings. The number of hydrogen-bond acceptors (Lipinski definition) is 3. The average molecular weight is 248 g/mol. The Morgan fingerprint density at radius 2 is 2.11 bits per heavy atom. The Morgan fingerprint density at radius 3 is 2.83 bits per heavy atom. The molecule has 0 heterocycles. The number of carbonyl (C=O) groups is 1. The number of para-hydroxylation sites is 1. The Labute approximate surface area is 108 Å². The number of ether oxygens (including phenoxy) is 1. The molecule has 1 fully saturated rings. The van der Waals surface area contributed by atoms with Crippen molar-refractivity contribution in [3.05, 3.63) is 29.8 Å². The number of rotatable bonds is 7. The summed E-state index contributed by atoms with van der Waals surface area (Å²) >= 11 is 0. The quantitative estimate of drug-likeness (QED) is 0.715. The highest BCUT2D eigenvalue weighted by molar-refractivity contribution is 5.80. The molecule has 4 heteroatoms. The third-order valence-corrected chi connectivity index (χ3v) is 3.06. The number of amides is 1. The molecule has 0 bridgehead atoms. The Hall–Kier alpha value is -1.55. The lowest BCUT2D eigenvalue weighted by Crippen LogP contribution is -2.32. The topological polar surface area (TPSA) is 50.4 Å². The fraction of sp³-hybridized carbons (Fsp3) is 0.500. The molecule has 1 amide bonds. The smallest absolute Gasteiger partial charge is 0.223 e. The summed E-state index contributed by atoms with van der Waals surface area (Å²) in [6, 6.07) is 7.94. The van der Waals surface area contributed by atoms with Crippen molar-refractivity contribution in [3.63, 3.8) is 0 Å². The number of benzene rings is 1. The zero-order chi connectivity index (χ0) is 12.8. The van der Waals surface area contributed by atoms with E-state index in [0.717, 1.165) is 37.2 Å². The van der Waals surface area contributed by atoms with Crippen LogP contribution in [0.2, 0.25) is 0 Å². The van der Waals surface area contributed by atoms with Crippen LogP contribution < -0.4 is 15.4 Å². The first-order valence-corrected chi connectivity index (χ1v) is 6.41. The first-order chi connectivity index (χ1) is 8.81. The Kier molecular flexibility index (Phi) is 4.59. The zero-order valence-electron chi connectivity index (χ0n) is 10.7. The largest absolute Gasteiger partial charge is 0.496 e. The summed E-state index contributed by atoms with van der Waals surface area (Å²) in [5, 5.41) is 6.22. The lowest BCUT2D eigenvalue weighted by molar-refractivity contribution is -0.122. The molecular formula is C14H20N2O2. The van der Waals surface area contributed by atoms with Crippen LogP contribution in [0.15, 0.2) is 24.3 Å². The number of methoxy groups -OCH3 is 1. The summed E-state index contributed by atoms with van der Waals surface area (Å²) in [4.78, 5) is 11.4. The first-order valence-electron chi connectivity index (χ1n) is 6.41. The molecule has 0 atom stereocenters. The van der Waals surface area contributed by atoms with E-state index in [-0.39, 0.29) is 5.91 Å². The summed E-state index contributed by atoms with van der Waals surface area (Å²) in [7, 11) is 1.68. The van der Waals surface area contributed by atoms with Crippen molar-refractivity contribution in [1.29, 1.82) is 0 Å². The summed E-state index contributed by atoms with van der Waals surface area (Å²) in [6.07, 6.45) is 2.11. The van der Waals surface area contributed by atoms with Gasteiger partial charge in [0.15, 0.2) is 0 Å². The van der Waals surface area contributed by atoms with Crippen molar-refractivity contribution in [2.75, 3.05) is 20.2 Å². The highest BCUT2D eigenvalue weighted by Gasteiger charge is 2.28. The minimum absolute atomic E-state index is 0.203. The second-order valence-electron chi connectivity index (χ2n) is 4.55. The van der Waals surface area contributed by atoms with Gasteiger partial charge in [-0.2, -0.15) is 0 Å². The van der Waals surface area contributed by atoms with E-state index in [0.29, 0.717) is 12.5 Å². The number of nitrogens with one attached hydrogen (secondary N) is 2. The molecule has 0 radical (unpaired) electrons. The van der Waals surface area contributed by atoms with Crippen molar-refractivity contribution in [2.45, 2.75) is 19.4 Å². The zero-order valence-corrected chi connectivity index (χ0v) is 10.7. The maximum Gasteiger partial charge on any atom is 0.223 e. The maximum atomic E-state index is 11.4. The van der Waals surface area contributed by atoms with Crippen molar-refractivity contribution in [3.8, 4) is 5.75 Å². The Morgan fingerprint density at radius 1 is 1.33 bits per heavy atom. The van der Waals surface area contributed by atoms with Gasteiger partial charge < -0.3 is 15.4 Å². The molecule has 1 aliphatic rings. The second kappa shape index (κ2) is 6.40. The SMILES string of the molecule is COc1ccccc1CNCCNC(=O)C1CC1. The third kappa shape index (κ3) is 3.74. The molecule has 4 nitrogen and oxygen atoms in total. The number of carbonyl (C=O) groups excluding carboxylic acids is 1. The second-order valence-corrected chi connectivity index (χ2v) is 4.55. The van der Waals surface area contributed by atoms with E-state index in [1.807, 2.05) is 24.3 Å². The van der Waals surface area contributed by atoms with Crippen LogP contribution in [0.3, 0.4) is 0 Å². The molecule has 1 aromatic carbocycles. The molecule has 0 unspecified atom stereocenters. The van der Waals surface area contributed by atoms with Gasteiger partial charge in [0.2, 0.25) is 5.91 Å². The Bertz CT molecular complexity index is 403. The van der Waals surface area contributed by atoms with Crippen molar-refractivity contribution in [2.24, 2.45) is 5.92 Å². The summed E-state index contributed by atoms with van der Waals surface area (Å²) in [6.45, 7) is 2.21. The van der Waals surface area contributed by atoms with Gasteiger partial charge >= 0.3 is 0 Å². The van der Waals surface area contributed by atoms with E-state index in [2.05, 4.69) is 10.6 Å². The minimum Gasteiger partial charge on any atom is -0.496 e. The molecule has 1 saturated carbocycles. The van der Waals surface area contributed by atoms with E-state index >= 15 is 0 Å². The van der Waals surface area contributed by atoms with Gasteiger partial charge in [0, 0.05) is 31.1 Å². The standard InChI is InChI=1S/C14H20N2O2/c1-18-13-5-3-2-4-12(13)10-15-8-9-16-14(17)11-6-7-11/h2-5,11,15H,6-10H2,1H3,(H,16,17). The molecule has 0 aliphatic heterocycles. The van der Waals surface area contributed by atoms with Crippen LogP contribution in [-0.4, -0.2) is 26.1 Å². The van der Waals surface area contributed by atoms with Gasteiger partial charge in [-0.1, -0.05) is 18.2 Å². The molecule has 2 rings (SSSR count). The van der Waals surface area contributed by atoms with Crippen LogP contribution in [0.25, 0.3) is 0 Å². The lowest BCUT2D eigenvalue weighted by atomic mass is 10.2. The van der Waals surface area contributed by atoms with E-state index in [1.54, 1.807) is 7.11 Å². The van der Waals surface area contributed by atoms with Crippen molar-refractivity contribution in [1.82, 2.24) is 10.6 Å². The average Bonchev–Trinajstić information content (AvgIpc) is 3.23. The molecule has 0 aromatic heterocycles. The highest BCUT2D eigenvalue weighted by atomic mass is 16.5. The van der Waals surface area contributed by atoms with Crippen LogP contribution >= 0.6 is 0 Å². The number of hydrogen-bond donors (Lipinski definition) is 2. The van der Waals surface area contributed by atoms with Crippen LogP contribution in [0, 0.1) is 5.92 Å². The Balaban J connectivity index is 1.63. The molecular weight excluding hydrogens is 228 g/mol. The van der Waals surface area contributed by atoms with E-state index < -0.39 is 0 Å². The van der Waals surface area contributed by atoms with Crippen LogP contribution in [-0.2, 0) is 11.3 Å². The lowest BCUT2D eigenvalue weighted by Gasteiger charge is -2.09. The van der Waals surface area contributed by atoms with Gasteiger partial charge in [-0.15, -0.1) is 0 Å². The van der Waals surface area contributed by atoms with Gasteiger partial charge in [0.1, 0.15) is 5.75 Å². The summed E-state index contributed by atoms with van der Waals surface area (Å²) < 4.78 is 5.27. The summed E-state index contributed by atoms with van der Waals surface area (Å²) in [5.41, 5.74) is 1.13. The van der Waals surface area contributed by atoms with Crippen LogP contribution in [0.5, 0.6) is 5.75 Å². The van der Waals surface area contributed by atoms with Crippen molar-refractivity contribution >= 4 is 5.91 Å². The first kappa shape index (κ1) is 12.9. The van der Waals surface area contributed by atoms with Crippen LogP contribution in [0.1, 0.15) is 18.4 Å². The van der Waals surface area contributed by atoms with E-state index in [4.69, 9.17) is 4.74 Å². The monoisotopic (exact) mass is 248 g/mol. The molecule has 1 aliphatic carbocycles. The maximum absolute atomic E-state index is 11.4. The molecule has 18 heavy (non-hydrogen) atoms. The van der Waals surface area contributed by atoms with Crippen molar-refractivity contribution < 1.29 is 9.53 Å². The van der Waals surface area contributed by atoms with Crippen LogP contribution in [0.4, 0.5) is 0 Å². The predicted octanol–water partition coefficient (Wildman–Crippen LogP) is 1.31. The third-order valence-electron chi connectivity index (χ3n) is 3.06. The molecule has 0 saturated heterocycles. The summed E-state index contributed by atoms with van der Waals surface area (Å²) in [5.74, 6) is 1.39. The minimum atomic E-state index is 0.203. The fourth-order valence-corrected chi connectivity index (χ4v) is 1.84. The van der Waals surface area contributed by atoms with Gasteiger partial charge in [0.05, 0.1) is 7.11 Å². The van der Waals surface area contributed by atoms with Gasteiger partial charge in [-0.05, 0) is 18.9 Å². The van der Waals surface area contributed by atoms with Gasteiger partial charge in [-0.3, -0.25) is 4.79 Å². The van der Waals surface area contributed by atoms with E-state index in [1.165, 1.54) is 0 Å². The normalized spacial score (nSPS) is 14.3. The fourth-order valence-electron chi connectivity index (χ4n) is 1.84. The predicted molar refractivity (Wildman–Crippen MR) is 70.4 cm³/mol. The molecule has 0 spiro atoms. The van der Waals surface area contributed by atoms with E-state index in [9.17, 15) is 4.79 Å².